The van der Waals surface area contributed by atoms with Crippen molar-refractivity contribution in [3.05, 3.63) is 35.9 Å². The summed E-state index contributed by atoms with van der Waals surface area (Å²) in [4.78, 5) is 17.9. The first-order valence-electron chi connectivity index (χ1n) is 9.39. The summed E-state index contributed by atoms with van der Waals surface area (Å²) in [7, 11) is 3.52. The van der Waals surface area contributed by atoms with Gasteiger partial charge < -0.3 is 15.5 Å². The van der Waals surface area contributed by atoms with Crippen LogP contribution in [0.5, 0.6) is 0 Å². The third-order valence-corrected chi connectivity index (χ3v) is 5.42. The average molecular weight is 504 g/mol. The second-order valence-electron chi connectivity index (χ2n) is 6.98. The Labute approximate surface area is 185 Å². The summed E-state index contributed by atoms with van der Waals surface area (Å²) in [5, 5.41) is 6.89. The molecule has 2 N–H and O–H groups in total. The van der Waals surface area contributed by atoms with Crippen LogP contribution in [0.3, 0.4) is 0 Å². The first kappa shape index (κ1) is 24.1. The summed E-state index contributed by atoms with van der Waals surface area (Å²) >= 11 is 1.80. The van der Waals surface area contributed by atoms with Crippen LogP contribution >= 0.6 is 35.7 Å². The predicted molar refractivity (Wildman–Crippen MR) is 127 cm³/mol. The highest BCUT2D eigenvalue weighted by Crippen LogP contribution is 2.32. The van der Waals surface area contributed by atoms with Crippen molar-refractivity contribution in [2.75, 3.05) is 39.2 Å². The number of guanidine groups is 1. The van der Waals surface area contributed by atoms with Gasteiger partial charge in [-0.15, -0.1) is 24.0 Å². The van der Waals surface area contributed by atoms with Crippen LogP contribution in [0.4, 0.5) is 0 Å². The number of halogens is 1. The molecule has 1 saturated carbocycles. The van der Waals surface area contributed by atoms with Crippen LogP contribution < -0.4 is 10.6 Å². The summed E-state index contributed by atoms with van der Waals surface area (Å²) in [5.41, 5.74) is 1.45. The standard InChI is InChI=1S/C20H32N4OS.HI/c1-24(2)19(25)15-22-20(21-13-14-26-3)23-18-11-9-17(10-12-18)16-7-5-4-6-8-16;/h4-8,17-18H,9-15H2,1-3H3,(H2,21,22,23);1H. The van der Waals surface area contributed by atoms with E-state index in [2.05, 4.69) is 52.2 Å². The molecule has 1 amide bonds. The minimum Gasteiger partial charge on any atom is -0.356 e. The highest BCUT2D eigenvalue weighted by atomic mass is 127. The number of carbonyl (C=O) groups is 1. The Morgan fingerprint density at radius 2 is 1.85 bits per heavy atom. The van der Waals surface area contributed by atoms with Gasteiger partial charge in [0.1, 0.15) is 6.54 Å². The molecule has 27 heavy (non-hydrogen) atoms. The van der Waals surface area contributed by atoms with Gasteiger partial charge in [-0.05, 0) is 43.4 Å². The summed E-state index contributed by atoms with van der Waals surface area (Å²) in [5.74, 6) is 2.46. The highest BCUT2D eigenvalue weighted by molar-refractivity contribution is 14.0. The van der Waals surface area contributed by atoms with Gasteiger partial charge in [-0.1, -0.05) is 30.3 Å². The number of carbonyl (C=O) groups excluding carboxylic acids is 1. The molecule has 1 aromatic carbocycles. The summed E-state index contributed by atoms with van der Waals surface area (Å²) in [6.07, 6.45) is 6.73. The normalized spacial score (nSPS) is 19.7. The number of thioether (sulfide) groups is 1. The number of likely N-dealkylation sites (N-methyl/N-ethyl adjacent to an activating group) is 1. The van der Waals surface area contributed by atoms with E-state index in [9.17, 15) is 4.79 Å². The van der Waals surface area contributed by atoms with E-state index in [-0.39, 0.29) is 36.4 Å². The molecule has 152 valence electrons. The van der Waals surface area contributed by atoms with Crippen molar-refractivity contribution >= 4 is 47.6 Å². The van der Waals surface area contributed by atoms with Crippen LogP contribution in [-0.2, 0) is 4.79 Å². The van der Waals surface area contributed by atoms with Gasteiger partial charge in [-0.3, -0.25) is 4.79 Å². The van der Waals surface area contributed by atoms with Crippen LogP contribution in [0.15, 0.2) is 35.3 Å². The Kier molecular flexibility index (Phi) is 11.8. The molecule has 1 aromatic rings. The van der Waals surface area contributed by atoms with Crippen molar-refractivity contribution in [2.45, 2.75) is 37.6 Å². The Morgan fingerprint density at radius 1 is 1.19 bits per heavy atom. The van der Waals surface area contributed by atoms with Gasteiger partial charge in [0.25, 0.3) is 0 Å². The van der Waals surface area contributed by atoms with Crippen molar-refractivity contribution in [3.63, 3.8) is 0 Å². The second-order valence-corrected chi connectivity index (χ2v) is 7.96. The van der Waals surface area contributed by atoms with E-state index < -0.39 is 0 Å². The van der Waals surface area contributed by atoms with Crippen molar-refractivity contribution in [1.29, 1.82) is 0 Å². The van der Waals surface area contributed by atoms with E-state index in [0.29, 0.717) is 12.0 Å². The lowest BCUT2D eigenvalue weighted by Gasteiger charge is -2.30. The number of nitrogens with zero attached hydrogens (tertiary/aromatic N) is 2. The van der Waals surface area contributed by atoms with E-state index >= 15 is 0 Å². The van der Waals surface area contributed by atoms with Crippen LogP contribution in [0.25, 0.3) is 0 Å². The topological polar surface area (TPSA) is 56.7 Å². The molecular weight excluding hydrogens is 471 g/mol. The predicted octanol–water partition coefficient (Wildman–Crippen LogP) is 3.32. The molecular formula is C20H33IN4OS. The number of hydrogen-bond donors (Lipinski definition) is 2. The van der Waals surface area contributed by atoms with E-state index in [4.69, 9.17) is 0 Å². The third-order valence-electron chi connectivity index (χ3n) is 4.81. The number of aliphatic imine (C=N–C) groups is 1. The molecule has 0 unspecified atom stereocenters. The molecule has 7 heteroatoms. The zero-order valence-electron chi connectivity index (χ0n) is 16.6. The molecule has 0 aliphatic heterocycles. The Bertz CT molecular complexity index is 575. The molecule has 1 aliphatic rings. The quantitative estimate of drug-likeness (QED) is 0.259. The van der Waals surface area contributed by atoms with Gasteiger partial charge in [-0.25, -0.2) is 4.99 Å². The van der Waals surface area contributed by atoms with Crippen molar-refractivity contribution in [1.82, 2.24) is 15.5 Å². The monoisotopic (exact) mass is 504 g/mol. The maximum absolute atomic E-state index is 11.8. The van der Waals surface area contributed by atoms with Gasteiger partial charge in [0.2, 0.25) is 5.91 Å². The number of nitrogens with one attached hydrogen (secondary N) is 2. The van der Waals surface area contributed by atoms with E-state index in [1.54, 1.807) is 30.8 Å². The lowest BCUT2D eigenvalue weighted by molar-refractivity contribution is -0.127. The fraction of sp³-hybridized carbons (Fsp3) is 0.600. The van der Waals surface area contributed by atoms with Gasteiger partial charge >= 0.3 is 0 Å². The lowest BCUT2D eigenvalue weighted by Crippen LogP contribution is -2.45. The zero-order valence-corrected chi connectivity index (χ0v) is 19.8. The minimum absolute atomic E-state index is 0. The van der Waals surface area contributed by atoms with Crippen LogP contribution in [0.1, 0.15) is 37.2 Å². The van der Waals surface area contributed by atoms with Gasteiger partial charge in [0.15, 0.2) is 5.96 Å². The van der Waals surface area contributed by atoms with Gasteiger partial charge in [0.05, 0.1) is 0 Å². The smallest absolute Gasteiger partial charge is 0.243 e. The maximum Gasteiger partial charge on any atom is 0.243 e. The lowest BCUT2D eigenvalue weighted by atomic mass is 9.82. The average Bonchev–Trinajstić information content (AvgIpc) is 2.67. The first-order valence-corrected chi connectivity index (χ1v) is 10.8. The fourth-order valence-corrected chi connectivity index (χ4v) is 3.51. The molecule has 0 spiro atoms. The molecule has 0 aromatic heterocycles. The molecule has 1 aliphatic carbocycles. The number of amides is 1. The summed E-state index contributed by atoms with van der Waals surface area (Å²) in [6, 6.07) is 11.2. The van der Waals surface area contributed by atoms with E-state index in [1.165, 1.54) is 18.4 Å². The second kappa shape index (κ2) is 13.3. The Hall–Kier alpha value is -0.960. The van der Waals surface area contributed by atoms with Crippen molar-refractivity contribution in [3.8, 4) is 0 Å². The van der Waals surface area contributed by atoms with Crippen LogP contribution in [0.2, 0.25) is 0 Å². The molecule has 0 atom stereocenters. The molecule has 2 rings (SSSR count). The third kappa shape index (κ3) is 8.72. The fourth-order valence-electron chi connectivity index (χ4n) is 3.20. The van der Waals surface area contributed by atoms with Crippen LogP contribution in [-0.4, -0.2) is 62.0 Å². The molecule has 0 heterocycles. The van der Waals surface area contributed by atoms with Gasteiger partial charge in [0, 0.05) is 32.4 Å². The van der Waals surface area contributed by atoms with Crippen molar-refractivity contribution in [2.24, 2.45) is 4.99 Å². The van der Waals surface area contributed by atoms with Crippen molar-refractivity contribution < 1.29 is 4.79 Å². The Morgan fingerprint density at radius 3 is 2.44 bits per heavy atom. The molecule has 0 bridgehead atoms. The zero-order chi connectivity index (χ0) is 18.8. The summed E-state index contributed by atoms with van der Waals surface area (Å²) < 4.78 is 0. The minimum atomic E-state index is 0. The van der Waals surface area contributed by atoms with Crippen LogP contribution in [0, 0.1) is 0 Å². The molecule has 5 nitrogen and oxygen atoms in total. The number of rotatable bonds is 7. The molecule has 0 saturated heterocycles. The largest absolute Gasteiger partial charge is 0.356 e. The highest BCUT2D eigenvalue weighted by Gasteiger charge is 2.23. The van der Waals surface area contributed by atoms with E-state index in [0.717, 1.165) is 31.1 Å². The van der Waals surface area contributed by atoms with Gasteiger partial charge in [-0.2, -0.15) is 11.8 Å². The molecule has 1 fully saturated rings. The number of benzene rings is 1. The SMILES string of the molecule is CSCCNC(=NCC(=O)N(C)C)NC1CCC(c2ccccc2)CC1.I. The van der Waals surface area contributed by atoms with E-state index in [1.807, 2.05) is 0 Å². The first-order chi connectivity index (χ1) is 12.6. The Balaban J connectivity index is 0.00000364. The number of hydrogen-bond acceptors (Lipinski definition) is 3. The maximum atomic E-state index is 11.8. The molecule has 0 radical (unpaired) electrons. The summed E-state index contributed by atoms with van der Waals surface area (Å²) in [6.45, 7) is 1.03.